The van der Waals surface area contributed by atoms with Crippen LogP contribution in [0.3, 0.4) is 0 Å². The zero-order valence-electron chi connectivity index (χ0n) is 55.8. The lowest BCUT2D eigenvalue weighted by Crippen LogP contribution is -2.66. The molecule has 12 N–H and O–H groups in total. The van der Waals surface area contributed by atoms with Gasteiger partial charge in [0.1, 0.15) is 73.2 Å². The van der Waals surface area contributed by atoms with E-state index in [9.17, 15) is 61.0 Å². The first-order chi connectivity index (χ1) is 44.3. The second-order valence-corrected chi connectivity index (χ2v) is 25.3. The van der Waals surface area contributed by atoms with Crippen LogP contribution in [0.15, 0.2) is 72.9 Å². The summed E-state index contributed by atoms with van der Waals surface area (Å²) in [6, 6.07) is -0.969. The summed E-state index contributed by atoms with van der Waals surface area (Å²) in [5.74, 6) is -0.281. The molecule has 3 heterocycles. The minimum atomic E-state index is -1.98. The van der Waals surface area contributed by atoms with Crippen LogP contribution < -0.4 is 5.32 Å². The summed E-state index contributed by atoms with van der Waals surface area (Å²) in [6.45, 7) is 1.48. The SMILES string of the molecule is CC/C=C\C/C=C\C/C=C\C/C=C\C/C=C\CCCCCCCCCCCCCCCCCCCCCCCCCCCC(=O)NC(COC1OC(CO)C(OC2OC(CO)C(OC3OC(CO)C(O)C(O)C3O)C(O)C2O)C(O)C1O)C(O)/C=C/CCCCC. The third kappa shape index (κ3) is 35.2. The van der Waals surface area contributed by atoms with Crippen molar-refractivity contribution in [1.82, 2.24) is 5.32 Å². The second-order valence-electron chi connectivity index (χ2n) is 25.3. The number of aliphatic hydroxyl groups excluding tert-OH is 11. The molecule has 0 radical (unpaired) electrons. The highest BCUT2D eigenvalue weighted by molar-refractivity contribution is 5.76. The van der Waals surface area contributed by atoms with E-state index >= 15 is 0 Å². The van der Waals surface area contributed by atoms with Crippen LogP contribution in [-0.2, 0) is 33.2 Å². The van der Waals surface area contributed by atoms with Gasteiger partial charge in [-0.15, -0.1) is 0 Å². The molecule has 3 saturated heterocycles. The number of hydrogen-bond donors (Lipinski definition) is 12. The molecular weight excluding hydrogens is 1170 g/mol. The van der Waals surface area contributed by atoms with Gasteiger partial charge in [0.15, 0.2) is 18.9 Å². The Labute approximate surface area is 547 Å². The molecule has 0 aliphatic carbocycles. The van der Waals surface area contributed by atoms with E-state index in [1.165, 1.54) is 141 Å². The molecule has 3 aliphatic heterocycles. The molecule has 17 unspecified atom stereocenters. The number of hydrogen-bond acceptors (Lipinski definition) is 18. The Morgan fingerprint density at radius 1 is 0.407 bits per heavy atom. The monoisotopic (exact) mass is 1290 g/mol. The van der Waals surface area contributed by atoms with Gasteiger partial charge in [-0.25, -0.2) is 0 Å². The fourth-order valence-electron chi connectivity index (χ4n) is 11.7. The fraction of sp³-hybridized carbons (Fsp3) is 0.819. The van der Waals surface area contributed by atoms with E-state index in [0.29, 0.717) is 6.42 Å². The number of ether oxygens (including phenoxy) is 6. The van der Waals surface area contributed by atoms with Gasteiger partial charge in [-0.3, -0.25) is 4.79 Å². The maximum absolute atomic E-state index is 13.3. The van der Waals surface area contributed by atoms with Crippen molar-refractivity contribution in [3.05, 3.63) is 72.9 Å². The van der Waals surface area contributed by atoms with Crippen LogP contribution in [-0.4, -0.2) is 193 Å². The highest BCUT2D eigenvalue weighted by Crippen LogP contribution is 2.33. The van der Waals surface area contributed by atoms with Crippen molar-refractivity contribution >= 4 is 5.91 Å². The molecule has 0 aromatic heterocycles. The molecule has 3 rings (SSSR count). The summed E-state index contributed by atoms with van der Waals surface area (Å²) >= 11 is 0. The van der Waals surface area contributed by atoms with Crippen LogP contribution in [0.1, 0.15) is 245 Å². The molecule has 17 atom stereocenters. The average Bonchev–Trinajstić information content (AvgIpc) is 0.864. The summed E-state index contributed by atoms with van der Waals surface area (Å²) in [5.41, 5.74) is 0. The van der Waals surface area contributed by atoms with Crippen molar-refractivity contribution in [3.8, 4) is 0 Å². The molecule has 91 heavy (non-hydrogen) atoms. The van der Waals surface area contributed by atoms with Gasteiger partial charge in [-0.1, -0.05) is 247 Å². The predicted octanol–water partition coefficient (Wildman–Crippen LogP) is 9.72. The van der Waals surface area contributed by atoms with Gasteiger partial charge in [0.05, 0.1) is 38.6 Å². The van der Waals surface area contributed by atoms with Gasteiger partial charge in [-0.2, -0.15) is 0 Å². The van der Waals surface area contributed by atoms with Crippen LogP contribution in [0.2, 0.25) is 0 Å². The zero-order valence-corrected chi connectivity index (χ0v) is 55.8. The Kier molecular flexibility index (Phi) is 48.4. The Balaban J connectivity index is 1.20. The molecule has 0 saturated carbocycles. The number of allylic oxidation sites excluding steroid dienone is 11. The maximum Gasteiger partial charge on any atom is 0.220 e. The molecular formula is C72H127NO18. The third-order valence-corrected chi connectivity index (χ3v) is 17.5. The fourth-order valence-corrected chi connectivity index (χ4v) is 11.7. The van der Waals surface area contributed by atoms with Crippen molar-refractivity contribution in [2.24, 2.45) is 0 Å². The first kappa shape index (κ1) is 82.5. The van der Waals surface area contributed by atoms with Gasteiger partial charge < -0.3 is 89.9 Å². The number of amides is 1. The minimum Gasteiger partial charge on any atom is -0.394 e. The number of unbranched alkanes of at least 4 members (excludes halogenated alkanes) is 28. The number of nitrogens with one attached hydrogen (secondary N) is 1. The summed E-state index contributed by atoms with van der Waals surface area (Å²) in [7, 11) is 0. The zero-order chi connectivity index (χ0) is 66.1. The number of carbonyl (C=O) groups excluding carboxylic acids is 1. The Bertz CT molecular complexity index is 1930. The lowest BCUT2D eigenvalue weighted by molar-refractivity contribution is -0.379. The molecule has 0 bridgehead atoms. The first-order valence-corrected chi connectivity index (χ1v) is 35.7. The Hall–Kier alpha value is -2.77. The van der Waals surface area contributed by atoms with Crippen molar-refractivity contribution in [1.29, 1.82) is 0 Å². The topological polar surface area (TPSA) is 307 Å². The van der Waals surface area contributed by atoms with Gasteiger partial charge in [0.25, 0.3) is 0 Å². The van der Waals surface area contributed by atoms with Gasteiger partial charge >= 0.3 is 0 Å². The molecule has 19 nitrogen and oxygen atoms in total. The van der Waals surface area contributed by atoms with Crippen LogP contribution >= 0.6 is 0 Å². The molecule has 0 aromatic rings. The second kappa shape index (κ2) is 53.4. The number of aliphatic hydroxyl groups is 11. The van der Waals surface area contributed by atoms with Crippen LogP contribution in [0.25, 0.3) is 0 Å². The predicted molar refractivity (Wildman–Crippen MR) is 355 cm³/mol. The van der Waals surface area contributed by atoms with Crippen LogP contribution in [0, 0.1) is 0 Å². The molecule has 528 valence electrons. The lowest BCUT2D eigenvalue weighted by Gasteiger charge is -2.48. The quantitative estimate of drug-likeness (QED) is 0.0199. The van der Waals surface area contributed by atoms with E-state index in [1.807, 2.05) is 6.08 Å². The van der Waals surface area contributed by atoms with Gasteiger partial charge in [-0.05, 0) is 64.2 Å². The van der Waals surface area contributed by atoms with Gasteiger partial charge in [0.2, 0.25) is 5.91 Å². The molecule has 0 spiro atoms. The van der Waals surface area contributed by atoms with Crippen molar-refractivity contribution in [2.45, 2.75) is 349 Å². The normalized spacial score (nSPS) is 28.3. The standard InChI is InChI=1S/C72H127NO18/c1-3-5-7-9-10-11-12-13-14-15-16-17-18-19-20-21-22-23-24-25-26-27-28-29-30-31-32-33-34-35-36-37-38-39-40-41-42-43-44-46-48-50-60(78)73-55(56(77)49-47-45-8-6-4-2)54-86-70-66(84)63(81)68(58(52-75)88-70)91-72-67(85)64(82)69(59(53-76)89-72)90-71-65(83)62(80)61(79)57(51-74)87-71/h5,7,10-11,13-14,16-17,19-20,47,49,55-59,61-72,74-77,79-85H,3-4,6,8-9,12,15,18,21-46,48,50-54H2,1-2H3,(H,73,78)/b7-5-,11-10-,14-13-,17-16-,20-19-,49-47+. The van der Waals surface area contributed by atoms with E-state index in [0.717, 1.165) is 77.0 Å². The summed E-state index contributed by atoms with van der Waals surface area (Å²) in [4.78, 5) is 13.3. The number of rotatable bonds is 54. The minimum absolute atomic E-state index is 0.243. The average molecular weight is 1290 g/mol. The third-order valence-electron chi connectivity index (χ3n) is 17.5. The maximum atomic E-state index is 13.3. The molecule has 1 amide bonds. The molecule has 0 aromatic carbocycles. The van der Waals surface area contributed by atoms with E-state index in [-0.39, 0.29) is 18.9 Å². The summed E-state index contributed by atoms with van der Waals surface area (Å²) in [5, 5.41) is 120. The molecule has 3 aliphatic rings. The first-order valence-electron chi connectivity index (χ1n) is 35.7. The van der Waals surface area contributed by atoms with E-state index < -0.39 is 124 Å². The summed E-state index contributed by atoms with van der Waals surface area (Å²) < 4.78 is 34.1. The van der Waals surface area contributed by atoms with Crippen molar-refractivity contribution in [3.63, 3.8) is 0 Å². The summed E-state index contributed by atoms with van der Waals surface area (Å²) in [6.07, 6.45) is 41.6. The highest BCUT2D eigenvalue weighted by atomic mass is 16.8. The Morgan fingerprint density at radius 3 is 1.19 bits per heavy atom. The van der Waals surface area contributed by atoms with Crippen LogP contribution in [0.4, 0.5) is 0 Å². The van der Waals surface area contributed by atoms with E-state index in [2.05, 4.69) is 79.9 Å². The van der Waals surface area contributed by atoms with Crippen LogP contribution in [0.5, 0.6) is 0 Å². The van der Waals surface area contributed by atoms with E-state index in [1.54, 1.807) is 6.08 Å². The highest BCUT2D eigenvalue weighted by Gasteiger charge is 2.53. The van der Waals surface area contributed by atoms with Crippen molar-refractivity contribution < 1.29 is 89.4 Å². The molecule has 3 fully saturated rings. The van der Waals surface area contributed by atoms with E-state index in [4.69, 9.17) is 28.4 Å². The largest absolute Gasteiger partial charge is 0.394 e. The lowest BCUT2D eigenvalue weighted by atomic mass is 9.96. The van der Waals surface area contributed by atoms with Gasteiger partial charge in [0, 0.05) is 6.42 Å². The Morgan fingerprint density at radius 2 is 0.758 bits per heavy atom. The smallest absolute Gasteiger partial charge is 0.220 e. The number of carbonyl (C=O) groups is 1. The van der Waals surface area contributed by atoms with Crippen molar-refractivity contribution in [2.75, 3.05) is 26.4 Å². The molecule has 19 heteroatoms.